The van der Waals surface area contributed by atoms with Crippen molar-refractivity contribution >= 4 is 5.96 Å². The number of nitrogens with zero attached hydrogens (tertiary/aromatic N) is 4. The van der Waals surface area contributed by atoms with E-state index in [2.05, 4.69) is 52.7 Å². The van der Waals surface area contributed by atoms with E-state index >= 15 is 0 Å². The van der Waals surface area contributed by atoms with E-state index in [1.165, 1.54) is 37.8 Å². The summed E-state index contributed by atoms with van der Waals surface area (Å²) in [6.07, 6.45) is 9.57. The molecule has 0 amide bonds. The summed E-state index contributed by atoms with van der Waals surface area (Å²) in [5, 5.41) is 7.97. The number of guanidine groups is 1. The molecule has 1 saturated carbocycles. The summed E-state index contributed by atoms with van der Waals surface area (Å²) in [7, 11) is 0. The van der Waals surface area contributed by atoms with Crippen LogP contribution in [0.5, 0.6) is 0 Å². The van der Waals surface area contributed by atoms with Crippen LogP contribution in [0.3, 0.4) is 0 Å². The van der Waals surface area contributed by atoms with E-state index in [0.717, 1.165) is 31.2 Å². The number of hydrogen-bond acceptors (Lipinski definition) is 2. The van der Waals surface area contributed by atoms with Crippen molar-refractivity contribution in [2.75, 3.05) is 19.6 Å². The van der Waals surface area contributed by atoms with Gasteiger partial charge in [0, 0.05) is 31.4 Å². The van der Waals surface area contributed by atoms with E-state index in [-0.39, 0.29) is 0 Å². The first kappa shape index (κ1) is 17.1. The first-order chi connectivity index (χ1) is 12.8. The molecule has 2 fully saturated rings. The zero-order valence-corrected chi connectivity index (χ0v) is 15.7. The normalized spacial score (nSPS) is 19.0. The maximum atomic E-state index is 4.89. The molecule has 0 unspecified atom stereocenters. The molecule has 5 heteroatoms. The molecule has 4 rings (SSSR count). The van der Waals surface area contributed by atoms with Crippen molar-refractivity contribution in [2.24, 2.45) is 10.4 Å². The van der Waals surface area contributed by atoms with Gasteiger partial charge in [0.2, 0.25) is 0 Å². The summed E-state index contributed by atoms with van der Waals surface area (Å²) in [6, 6.07) is 10.4. The minimum Gasteiger partial charge on any atom is -0.357 e. The van der Waals surface area contributed by atoms with Crippen molar-refractivity contribution < 1.29 is 0 Å². The molecular formula is C21H29N5. The van der Waals surface area contributed by atoms with Gasteiger partial charge >= 0.3 is 0 Å². The summed E-state index contributed by atoms with van der Waals surface area (Å²) in [5.41, 5.74) is 3.02. The first-order valence-corrected chi connectivity index (χ1v) is 9.85. The molecule has 138 valence electrons. The Hall–Kier alpha value is -2.30. The second-order valence-electron chi connectivity index (χ2n) is 7.73. The van der Waals surface area contributed by atoms with Crippen LogP contribution >= 0.6 is 0 Å². The Morgan fingerprint density at radius 2 is 2.04 bits per heavy atom. The van der Waals surface area contributed by atoms with Gasteiger partial charge in [-0.2, -0.15) is 5.10 Å². The minimum atomic E-state index is 0.594. The molecule has 1 spiro atoms. The van der Waals surface area contributed by atoms with Gasteiger partial charge in [-0.1, -0.05) is 36.8 Å². The monoisotopic (exact) mass is 351 g/mol. The summed E-state index contributed by atoms with van der Waals surface area (Å²) >= 11 is 0. The van der Waals surface area contributed by atoms with E-state index < -0.39 is 0 Å². The van der Waals surface area contributed by atoms with E-state index in [4.69, 9.17) is 4.99 Å². The Bertz CT molecular complexity index is 745. The molecule has 5 nitrogen and oxygen atoms in total. The molecular weight excluding hydrogens is 322 g/mol. The predicted octanol–water partition coefficient (Wildman–Crippen LogP) is 3.27. The highest BCUT2D eigenvalue weighted by atomic mass is 15.3. The molecule has 26 heavy (non-hydrogen) atoms. The van der Waals surface area contributed by atoms with Gasteiger partial charge in [-0.15, -0.1) is 0 Å². The van der Waals surface area contributed by atoms with Crippen LogP contribution in [0.2, 0.25) is 0 Å². The first-order valence-electron chi connectivity index (χ1n) is 9.85. The Kier molecular flexibility index (Phi) is 4.96. The second-order valence-corrected chi connectivity index (χ2v) is 7.73. The molecule has 0 radical (unpaired) electrons. The van der Waals surface area contributed by atoms with Crippen LogP contribution in [0.25, 0.3) is 0 Å². The highest BCUT2D eigenvalue weighted by Crippen LogP contribution is 2.47. The molecule has 0 atom stereocenters. The number of aromatic nitrogens is 2. The molecule has 1 aromatic heterocycles. The highest BCUT2D eigenvalue weighted by molar-refractivity contribution is 5.80. The van der Waals surface area contributed by atoms with Crippen molar-refractivity contribution in [1.82, 2.24) is 20.0 Å². The van der Waals surface area contributed by atoms with Crippen molar-refractivity contribution in [3.8, 4) is 0 Å². The van der Waals surface area contributed by atoms with Crippen LogP contribution in [0.1, 0.15) is 43.7 Å². The van der Waals surface area contributed by atoms with E-state index in [0.29, 0.717) is 12.0 Å². The molecule has 2 aromatic rings. The molecule has 1 N–H and O–H groups in total. The Morgan fingerprint density at radius 3 is 2.73 bits per heavy atom. The SMILES string of the molecule is CCNC(=NCc1cnn(Cc2ccccc2)c1)N1CCC2(CCC2)C1. The minimum absolute atomic E-state index is 0.594. The third kappa shape index (κ3) is 3.76. The van der Waals surface area contributed by atoms with Gasteiger partial charge in [0.05, 0.1) is 19.3 Å². The molecule has 1 aromatic carbocycles. The Balaban J connectivity index is 1.39. The zero-order chi connectivity index (χ0) is 17.8. The van der Waals surface area contributed by atoms with Crippen LogP contribution in [0, 0.1) is 5.41 Å². The van der Waals surface area contributed by atoms with Crippen LogP contribution in [-0.2, 0) is 13.1 Å². The van der Waals surface area contributed by atoms with Crippen LogP contribution in [0.15, 0.2) is 47.7 Å². The fraction of sp³-hybridized carbons (Fsp3) is 0.524. The van der Waals surface area contributed by atoms with Crippen LogP contribution < -0.4 is 5.32 Å². The lowest BCUT2D eigenvalue weighted by Gasteiger charge is -2.38. The van der Waals surface area contributed by atoms with Crippen molar-refractivity contribution in [1.29, 1.82) is 0 Å². The smallest absolute Gasteiger partial charge is 0.194 e. The quantitative estimate of drug-likeness (QED) is 0.664. The number of aliphatic imine (C=N–C) groups is 1. The Morgan fingerprint density at radius 1 is 1.19 bits per heavy atom. The van der Waals surface area contributed by atoms with Crippen molar-refractivity contribution in [3.63, 3.8) is 0 Å². The molecule has 1 saturated heterocycles. The fourth-order valence-electron chi connectivity index (χ4n) is 4.14. The van der Waals surface area contributed by atoms with Crippen LogP contribution in [-0.4, -0.2) is 40.3 Å². The van der Waals surface area contributed by atoms with Gasteiger partial charge in [0.1, 0.15) is 0 Å². The van der Waals surface area contributed by atoms with E-state index in [1.54, 1.807) is 0 Å². The van der Waals surface area contributed by atoms with Gasteiger partial charge in [-0.05, 0) is 37.2 Å². The molecule has 1 aliphatic carbocycles. The number of likely N-dealkylation sites (tertiary alicyclic amines) is 1. The largest absolute Gasteiger partial charge is 0.357 e. The number of benzene rings is 1. The fourth-order valence-corrected chi connectivity index (χ4v) is 4.14. The second kappa shape index (κ2) is 7.52. The van der Waals surface area contributed by atoms with Crippen molar-refractivity contribution in [3.05, 3.63) is 53.9 Å². The van der Waals surface area contributed by atoms with Crippen molar-refractivity contribution in [2.45, 2.75) is 45.7 Å². The van der Waals surface area contributed by atoms with Gasteiger partial charge in [-0.3, -0.25) is 4.68 Å². The highest BCUT2D eigenvalue weighted by Gasteiger charge is 2.43. The molecule has 2 heterocycles. The third-order valence-corrected chi connectivity index (χ3v) is 5.77. The number of rotatable bonds is 5. The average Bonchev–Trinajstić information content (AvgIpc) is 3.27. The summed E-state index contributed by atoms with van der Waals surface area (Å²) in [6.45, 7) is 6.85. The number of nitrogens with one attached hydrogen (secondary N) is 1. The third-order valence-electron chi connectivity index (χ3n) is 5.77. The van der Waals surface area contributed by atoms with Gasteiger partial charge in [0.25, 0.3) is 0 Å². The maximum Gasteiger partial charge on any atom is 0.194 e. The average molecular weight is 351 g/mol. The standard InChI is InChI=1S/C21H29N5/c1-2-22-20(25-12-11-21(17-25)9-6-10-21)23-13-19-14-24-26(16-19)15-18-7-4-3-5-8-18/h3-5,7-8,14,16H,2,6,9-13,15,17H2,1H3,(H,22,23). The van der Waals surface area contributed by atoms with Crippen LogP contribution in [0.4, 0.5) is 0 Å². The summed E-state index contributed by atoms with van der Waals surface area (Å²) in [5.74, 6) is 1.06. The zero-order valence-electron chi connectivity index (χ0n) is 15.7. The lowest BCUT2D eigenvalue weighted by Crippen LogP contribution is -2.42. The van der Waals surface area contributed by atoms with Gasteiger partial charge in [-0.25, -0.2) is 4.99 Å². The summed E-state index contributed by atoms with van der Waals surface area (Å²) < 4.78 is 1.99. The predicted molar refractivity (Wildman–Crippen MR) is 105 cm³/mol. The number of hydrogen-bond donors (Lipinski definition) is 1. The lowest BCUT2D eigenvalue weighted by molar-refractivity contribution is 0.151. The maximum absolute atomic E-state index is 4.89. The Labute approximate surface area is 156 Å². The molecule has 2 aliphatic rings. The lowest BCUT2D eigenvalue weighted by atomic mass is 9.68. The summed E-state index contributed by atoms with van der Waals surface area (Å²) in [4.78, 5) is 7.34. The van der Waals surface area contributed by atoms with E-state index in [1.807, 2.05) is 16.9 Å². The van der Waals surface area contributed by atoms with Gasteiger partial charge in [0.15, 0.2) is 5.96 Å². The molecule has 0 bridgehead atoms. The molecule has 1 aliphatic heterocycles. The van der Waals surface area contributed by atoms with E-state index in [9.17, 15) is 0 Å². The van der Waals surface area contributed by atoms with Gasteiger partial charge < -0.3 is 10.2 Å². The topological polar surface area (TPSA) is 45.5 Å².